The molecule has 0 aliphatic carbocycles. The molecule has 4 heteroatoms. The van der Waals surface area contributed by atoms with E-state index < -0.39 is 5.97 Å². The third-order valence-electron chi connectivity index (χ3n) is 8.33. The van der Waals surface area contributed by atoms with Gasteiger partial charge in [-0.1, -0.05) is 162 Å². The van der Waals surface area contributed by atoms with Crippen molar-refractivity contribution in [3.63, 3.8) is 0 Å². The largest absolute Gasteiger partial charge is 0.481 e. The Morgan fingerprint density at radius 3 is 1.12 bits per heavy atom. The maximum Gasteiger partial charge on any atom is 0.306 e. The summed E-state index contributed by atoms with van der Waals surface area (Å²) in [6, 6.07) is 0. The van der Waals surface area contributed by atoms with Gasteiger partial charge in [-0.05, 0) is 38.5 Å². The van der Waals surface area contributed by atoms with Gasteiger partial charge >= 0.3 is 11.9 Å². The smallest absolute Gasteiger partial charge is 0.306 e. The molecule has 0 bridgehead atoms. The van der Waals surface area contributed by atoms with Crippen LogP contribution in [0.2, 0.25) is 0 Å². The van der Waals surface area contributed by atoms with Gasteiger partial charge in [-0.2, -0.15) is 0 Å². The summed E-state index contributed by atoms with van der Waals surface area (Å²) in [5.74, 6) is -0.796. The fourth-order valence-electron chi connectivity index (χ4n) is 5.66. The molecule has 40 heavy (non-hydrogen) atoms. The minimum atomic E-state index is -0.742. The molecule has 0 radical (unpaired) electrons. The molecule has 0 amide bonds. The van der Waals surface area contributed by atoms with Crippen LogP contribution in [0.4, 0.5) is 0 Å². The summed E-state index contributed by atoms with van der Waals surface area (Å²) in [5.41, 5.74) is 0. The van der Waals surface area contributed by atoms with Gasteiger partial charge in [0.1, 0.15) is 6.10 Å². The highest BCUT2D eigenvalue weighted by Crippen LogP contribution is 2.18. The second kappa shape index (κ2) is 32.5. The maximum atomic E-state index is 12.4. The molecule has 0 aromatic rings. The molecule has 0 saturated carbocycles. The molecule has 0 aliphatic heterocycles. The predicted molar refractivity (Wildman–Crippen MR) is 172 cm³/mol. The summed E-state index contributed by atoms with van der Waals surface area (Å²) in [6.45, 7) is 4.52. The van der Waals surface area contributed by atoms with Gasteiger partial charge in [0.25, 0.3) is 0 Å². The van der Waals surface area contributed by atoms with Crippen LogP contribution in [0.3, 0.4) is 0 Å². The molecule has 238 valence electrons. The number of esters is 1. The molecule has 1 N–H and O–H groups in total. The molecule has 0 aromatic heterocycles. The van der Waals surface area contributed by atoms with Crippen molar-refractivity contribution in [1.82, 2.24) is 0 Å². The first-order valence-corrected chi connectivity index (χ1v) is 18.0. The third kappa shape index (κ3) is 31.5. The zero-order valence-electron chi connectivity index (χ0n) is 27.2. The first-order valence-electron chi connectivity index (χ1n) is 18.0. The second-order valence-electron chi connectivity index (χ2n) is 12.4. The molecule has 1 atom stereocenters. The van der Waals surface area contributed by atoms with Crippen molar-refractivity contribution in [2.75, 3.05) is 0 Å². The van der Waals surface area contributed by atoms with Crippen molar-refractivity contribution >= 4 is 11.9 Å². The highest BCUT2D eigenvalue weighted by Gasteiger charge is 2.14. The van der Waals surface area contributed by atoms with Crippen LogP contribution in [0.1, 0.15) is 213 Å². The van der Waals surface area contributed by atoms with Crippen molar-refractivity contribution in [1.29, 1.82) is 0 Å². The van der Waals surface area contributed by atoms with Gasteiger partial charge in [-0.25, -0.2) is 0 Å². The molecule has 0 heterocycles. The summed E-state index contributed by atoms with van der Waals surface area (Å²) in [5, 5.41) is 8.87. The van der Waals surface area contributed by atoms with Gasteiger partial charge in [0.2, 0.25) is 0 Å². The Labute approximate surface area is 250 Å². The number of carboxylic acid groups (broad SMARTS) is 1. The van der Waals surface area contributed by atoms with Crippen LogP contribution in [0.15, 0.2) is 0 Å². The van der Waals surface area contributed by atoms with Gasteiger partial charge in [-0.3, -0.25) is 9.59 Å². The lowest BCUT2D eigenvalue weighted by Crippen LogP contribution is -2.18. The molecular weight excluding hydrogens is 496 g/mol. The van der Waals surface area contributed by atoms with Gasteiger partial charge < -0.3 is 9.84 Å². The number of carbonyl (C=O) groups excluding carboxylic acids is 1. The molecule has 0 rings (SSSR count). The summed E-state index contributed by atoms with van der Waals surface area (Å²) in [4.78, 5) is 23.2. The normalized spacial score (nSPS) is 12.1. The number of aliphatic carboxylic acids is 1. The third-order valence-corrected chi connectivity index (χ3v) is 8.33. The highest BCUT2D eigenvalue weighted by molar-refractivity contribution is 5.69. The van der Waals surface area contributed by atoms with E-state index in [-0.39, 0.29) is 18.5 Å². The van der Waals surface area contributed by atoms with E-state index in [1.807, 2.05) is 0 Å². The van der Waals surface area contributed by atoms with E-state index >= 15 is 0 Å². The molecular formula is C36H70O4. The number of rotatable bonds is 33. The maximum absolute atomic E-state index is 12.4. The summed E-state index contributed by atoms with van der Waals surface area (Å²) >= 11 is 0. The molecule has 0 fully saturated rings. The number of ether oxygens (including phenoxy) is 1. The first kappa shape index (κ1) is 38.9. The van der Waals surface area contributed by atoms with E-state index in [2.05, 4.69) is 13.8 Å². The average molecular weight is 567 g/mol. The standard InChI is InChI=1S/C36H70O4/c1-3-5-7-9-11-12-13-14-15-16-17-18-19-20-21-22-23-25-27-33-36(39)40-34(31-28-29-32-35(37)38)30-26-24-10-8-6-4-2/h34H,3-33H2,1-2H3,(H,37,38). The van der Waals surface area contributed by atoms with Gasteiger partial charge in [0.05, 0.1) is 0 Å². The molecule has 1 unspecified atom stereocenters. The van der Waals surface area contributed by atoms with Crippen molar-refractivity contribution in [2.45, 2.75) is 219 Å². The summed E-state index contributed by atoms with van der Waals surface area (Å²) < 4.78 is 5.84. The number of carboxylic acids is 1. The van der Waals surface area contributed by atoms with Crippen LogP contribution in [0.5, 0.6) is 0 Å². The average Bonchev–Trinajstić information content (AvgIpc) is 2.93. The lowest BCUT2D eigenvalue weighted by molar-refractivity contribution is -0.150. The van der Waals surface area contributed by atoms with E-state index in [0.29, 0.717) is 12.8 Å². The lowest BCUT2D eigenvalue weighted by atomic mass is 10.0. The monoisotopic (exact) mass is 567 g/mol. The van der Waals surface area contributed by atoms with E-state index in [1.165, 1.54) is 141 Å². The van der Waals surface area contributed by atoms with E-state index in [0.717, 1.165) is 38.5 Å². The van der Waals surface area contributed by atoms with Crippen molar-refractivity contribution < 1.29 is 19.4 Å². The Kier molecular flexibility index (Phi) is 31.6. The first-order chi connectivity index (χ1) is 19.6. The highest BCUT2D eigenvalue weighted by atomic mass is 16.5. The SMILES string of the molecule is CCCCCCCCCCCCCCCCCCCCCC(=O)OC(CCCCCCCC)CCCCC(=O)O. The van der Waals surface area contributed by atoms with Gasteiger partial charge in [-0.15, -0.1) is 0 Å². The Morgan fingerprint density at radius 2 is 0.750 bits per heavy atom. The van der Waals surface area contributed by atoms with Gasteiger partial charge in [0.15, 0.2) is 0 Å². The molecule has 0 aliphatic rings. The Balaban J connectivity index is 3.65. The fourth-order valence-corrected chi connectivity index (χ4v) is 5.66. The van der Waals surface area contributed by atoms with Crippen LogP contribution in [-0.2, 0) is 14.3 Å². The molecule has 4 nitrogen and oxygen atoms in total. The number of unbranched alkanes of at least 4 members (excludes halogenated alkanes) is 24. The van der Waals surface area contributed by atoms with Crippen LogP contribution in [-0.4, -0.2) is 23.1 Å². The molecule has 0 saturated heterocycles. The minimum absolute atomic E-state index is 0.0345. The van der Waals surface area contributed by atoms with E-state index in [9.17, 15) is 9.59 Å². The predicted octanol–water partition coefficient (Wildman–Crippen LogP) is 12.1. The number of hydrogen-bond acceptors (Lipinski definition) is 3. The summed E-state index contributed by atoms with van der Waals surface area (Å²) in [7, 11) is 0. The van der Waals surface area contributed by atoms with Crippen LogP contribution < -0.4 is 0 Å². The fraction of sp³-hybridized carbons (Fsp3) is 0.944. The van der Waals surface area contributed by atoms with Crippen molar-refractivity contribution in [3.05, 3.63) is 0 Å². The van der Waals surface area contributed by atoms with E-state index in [4.69, 9.17) is 9.84 Å². The van der Waals surface area contributed by atoms with Crippen molar-refractivity contribution in [2.24, 2.45) is 0 Å². The van der Waals surface area contributed by atoms with Crippen LogP contribution in [0.25, 0.3) is 0 Å². The Morgan fingerprint density at radius 1 is 0.450 bits per heavy atom. The quantitative estimate of drug-likeness (QED) is 0.0633. The zero-order chi connectivity index (χ0) is 29.4. The lowest BCUT2D eigenvalue weighted by Gasteiger charge is -2.18. The molecule has 0 aromatic carbocycles. The Hall–Kier alpha value is -1.06. The van der Waals surface area contributed by atoms with Gasteiger partial charge in [0, 0.05) is 12.8 Å². The van der Waals surface area contributed by atoms with Crippen molar-refractivity contribution in [3.8, 4) is 0 Å². The number of hydrogen-bond donors (Lipinski definition) is 1. The topological polar surface area (TPSA) is 63.6 Å². The van der Waals surface area contributed by atoms with Crippen LogP contribution >= 0.6 is 0 Å². The zero-order valence-corrected chi connectivity index (χ0v) is 27.2. The van der Waals surface area contributed by atoms with Crippen LogP contribution in [0, 0.1) is 0 Å². The molecule has 0 spiro atoms. The second-order valence-corrected chi connectivity index (χ2v) is 12.4. The summed E-state index contributed by atoms with van der Waals surface area (Å²) in [6.07, 6.45) is 37.0. The number of carbonyl (C=O) groups is 2. The Bertz CT molecular complexity index is 533. The minimum Gasteiger partial charge on any atom is -0.481 e. The van der Waals surface area contributed by atoms with E-state index in [1.54, 1.807) is 0 Å².